The van der Waals surface area contributed by atoms with Gasteiger partial charge in [-0.3, -0.25) is 19.4 Å². The van der Waals surface area contributed by atoms with Crippen molar-refractivity contribution in [2.45, 2.75) is 62.8 Å². The zero-order chi connectivity index (χ0) is 38.1. The van der Waals surface area contributed by atoms with E-state index in [0.29, 0.717) is 51.7 Å². The van der Waals surface area contributed by atoms with E-state index in [-0.39, 0.29) is 18.1 Å². The fraction of sp³-hybridized carbons (Fsp3) is 0.282. The second kappa shape index (κ2) is 17.4. The number of fused-ring (bicyclic) bond motifs is 1. The molecule has 276 valence electrons. The highest BCUT2D eigenvalue weighted by Crippen LogP contribution is 2.39. The van der Waals surface area contributed by atoms with Gasteiger partial charge in [-0.15, -0.1) is 23.1 Å². The molecule has 1 unspecified atom stereocenters. The van der Waals surface area contributed by atoms with Crippen molar-refractivity contribution in [3.63, 3.8) is 0 Å². The quantitative estimate of drug-likeness (QED) is 0.0823. The van der Waals surface area contributed by atoms with Gasteiger partial charge in [-0.1, -0.05) is 37.3 Å². The van der Waals surface area contributed by atoms with E-state index in [1.807, 2.05) is 13.0 Å². The van der Waals surface area contributed by atoms with Crippen molar-refractivity contribution in [3.05, 3.63) is 112 Å². The van der Waals surface area contributed by atoms with Crippen molar-refractivity contribution in [1.82, 2.24) is 15.2 Å². The number of nitrogens with zero attached hydrogens (tertiary/aromatic N) is 2. The fourth-order valence-corrected chi connectivity index (χ4v) is 7.65. The van der Waals surface area contributed by atoms with Gasteiger partial charge in [0.1, 0.15) is 16.3 Å². The number of benzene rings is 2. The average molecular weight is 756 g/mol. The van der Waals surface area contributed by atoms with E-state index in [4.69, 9.17) is 9.47 Å². The number of carbonyl (C=O) groups is 5. The Hall–Kier alpha value is -5.47. The largest absolute Gasteiger partial charge is 0.465 e. The molecule has 0 spiro atoms. The number of carbonyl (C=O) groups excluding carboxylic acids is 5. The summed E-state index contributed by atoms with van der Waals surface area (Å²) in [7, 11) is 1.29. The maximum absolute atomic E-state index is 13.7. The van der Waals surface area contributed by atoms with Crippen molar-refractivity contribution in [3.8, 4) is 0 Å². The molecule has 0 fully saturated rings. The Kier molecular flexibility index (Phi) is 12.7. The molecule has 3 N–H and O–H groups in total. The van der Waals surface area contributed by atoms with Crippen molar-refractivity contribution < 1.29 is 33.4 Å². The van der Waals surface area contributed by atoms with Crippen LogP contribution < -0.4 is 16.0 Å². The van der Waals surface area contributed by atoms with Crippen LogP contribution in [0, 0.1) is 0 Å². The molecule has 53 heavy (non-hydrogen) atoms. The molecule has 2 aromatic heterocycles. The summed E-state index contributed by atoms with van der Waals surface area (Å²) in [5.41, 5.74) is 1.88. The molecular weight excluding hydrogens is 715 g/mol. The van der Waals surface area contributed by atoms with Crippen LogP contribution in [0.3, 0.4) is 0 Å². The highest BCUT2D eigenvalue weighted by molar-refractivity contribution is 8.00. The lowest BCUT2D eigenvalue weighted by molar-refractivity contribution is -0.116. The van der Waals surface area contributed by atoms with Gasteiger partial charge in [0, 0.05) is 40.0 Å². The molecule has 5 rings (SSSR count). The zero-order valence-electron chi connectivity index (χ0n) is 30.1. The first-order valence-electron chi connectivity index (χ1n) is 16.9. The van der Waals surface area contributed by atoms with Crippen LogP contribution in [0.5, 0.6) is 0 Å². The number of hydrogen-bond acceptors (Lipinski definition) is 10. The smallest absolute Gasteiger partial charge is 0.410 e. The maximum Gasteiger partial charge on any atom is 0.410 e. The van der Waals surface area contributed by atoms with Gasteiger partial charge in [-0.2, -0.15) is 0 Å². The van der Waals surface area contributed by atoms with Gasteiger partial charge in [-0.05, 0) is 87.2 Å². The summed E-state index contributed by atoms with van der Waals surface area (Å²) in [6, 6.07) is 19.1. The monoisotopic (exact) mass is 755 g/mol. The minimum Gasteiger partial charge on any atom is -0.465 e. The third kappa shape index (κ3) is 10.3. The Morgan fingerprint density at radius 1 is 1.02 bits per heavy atom. The maximum atomic E-state index is 13.7. The number of nitrogens with one attached hydrogen (secondary N) is 3. The van der Waals surface area contributed by atoms with Crippen LogP contribution in [0.2, 0.25) is 0 Å². The molecule has 14 heteroatoms. The summed E-state index contributed by atoms with van der Waals surface area (Å²) in [4.78, 5) is 73.1. The van der Waals surface area contributed by atoms with Crippen molar-refractivity contribution in [1.29, 1.82) is 0 Å². The summed E-state index contributed by atoms with van der Waals surface area (Å²) >= 11 is 2.55. The number of thiophene rings is 1. The SMILES string of the molecule is CCC(Sc1cccc(NC(=O)/C(=C/c2cccnc2)NC(=O)c2ccccc2)c1)C(=O)Nc1sc2c(c1C(=O)OC)CCN(C(=O)OC(C)(C)C)C2. The predicted octanol–water partition coefficient (Wildman–Crippen LogP) is 7.14. The molecule has 4 amide bonds. The van der Waals surface area contributed by atoms with Gasteiger partial charge in [-0.25, -0.2) is 9.59 Å². The molecule has 1 aliphatic heterocycles. The van der Waals surface area contributed by atoms with E-state index >= 15 is 0 Å². The highest BCUT2D eigenvalue weighted by atomic mass is 32.2. The van der Waals surface area contributed by atoms with Gasteiger partial charge >= 0.3 is 12.1 Å². The number of aromatic nitrogens is 1. The van der Waals surface area contributed by atoms with Gasteiger partial charge in [0.2, 0.25) is 5.91 Å². The molecule has 1 atom stereocenters. The molecule has 3 heterocycles. The minimum atomic E-state index is -0.651. The van der Waals surface area contributed by atoms with Crippen molar-refractivity contribution >= 4 is 69.6 Å². The summed E-state index contributed by atoms with van der Waals surface area (Å²) in [5.74, 6) is -1.87. The topological polar surface area (TPSA) is 156 Å². The first kappa shape index (κ1) is 38.8. The van der Waals surface area contributed by atoms with E-state index < -0.39 is 34.7 Å². The number of pyridine rings is 1. The second-order valence-electron chi connectivity index (χ2n) is 13.0. The Morgan fingerprint density at radius 3 is 2.47 bits per heavy atom. The van der Waals surface area contributed by atoms with Crippen LogP contribution in [0.25, 0.3) is 6.08 Å². The highest BCUT2D eigenvalue weighted by Gasteiger charge is 2.33. The summed E-state index contributed by atoms with van der Waals surface area (Å²) in [5, 5.41) is 8.33. The zero-order valence-corrected chi connectivity index (χ0v) is 31.7. The lowest BCUT2D eigenvalue weighted by atomic mass is 10.0. The van der Waals surface area contributed by atoms with Crippen LogP contribution in [0.15, 0.2) is 89.7 Å². The Bertz CT molecular complexity index is 2010. The Balaban J connectivity index is 1.30. The Labute approximate surface area is 316 Å². The number of ether oxygens (including phenoxy) is 2. The number of anilines is 2. The molecule has 0 radical (unpaired) electrons. The summed E-state index contributed by atoms with van der Waals surface area (Å²) in [6.45, 7) is 7.89. The van der Waals surface area contributed by atoms with Gasteiger partial charge in [0.15, 0.2) is 0 Å². The van der Waals surface area contributed by atoms with E-state index in [0.717, 1.165) is 10.4 Å². The van der Waals surface area contributed by atoms with Gasteiger partial charge in [0.25, 0.3) is 11.8 Å². The van der Waals surface area contributed by atoms with E-state index in [2.05, 4.69) is 20.9 Å². The van der Waals surface area contributed by atoms with E-state index in [1.165, 1.54) is 30.2 Å². The third-order valence-electron chi connectivity index (χ3n) is 7.89. The van der Waals surface area contributed by atoms with E-state index in [1.54, 1.807) is 105 Å². The first-order chi connectivity index (χ1) is 25.3. The number of rotatable bonds is 11. The molecular formula is C39H41N5O7S2. The number of amides is 4. The number of methoxy groups -OCH3 is 1. The summed E-state index contributed by atoms with van der Waals surface area (Å²) < 4.78 is 10.6. The fourth-order valence-electron chi connectivity index (χ4n) is 5.39. The number of esters is 1. The van der Waals surface area contributed by atoms with Gasteiger partial charge in [0.05, 0.1) is 24.5 Å². The van der Waals surface area contributed by atoms with Crippen LogP contribution in [-0.2, 0) is 32.0 Å². The number of thioether (sulfide) groups is 1. The normalized spacial score (nSPS) is 13.3. The van der Waals surface area contributed by atoms with E-state index in [9.17, 15) is 24.0 Å². The first-order valence-corrected chi connectivity index (χ1v) is 18.6. The third-order valence-corrected chi connectivity index (χ3v) is 10.4. The molecule has 0 saturated heterocycles. The molecule has 1 aliphatic rings. The average Bonchev–Trinajstić information content (AvgIpc) is 3.50. The molecule has 12 nitrogen and oxygen atoms in total. The second-order valence-corrected chi connectivity index (χ2v) is 15.4. The molecule has 0 aliphatic carbocycles. The molecule has 4 aromatic rings. The van der Waals surface area contributed by atoms with Crippen molar-refractivity contribution in [2.75, 3.05) is 24.3 Å². The van der Waals surface area contributed by atoms with Crippen LogP contribution in [-0.4, -0.2) is 64.2 Å². The van der Waals surface area contributed by atoms with Gasteiger partial charge < -0.3 is 30.3 Å². The lowest BCUT2D eigenvalue weighted by Crippen LogP contribution is -2.39. The van der Waals surface area contributed by atoms with Crippen molar-refractivity contribution in [2.24, 2.45) is 0 Å². The predicted molar refractivity (Wildman–Crippen MR) is 206 cm³/mol. The van der Waals surface area contributed by atoms with Crippen LogP contribution in [0.1, 0.15) is 70.8 Å². The number of hydrogen-bond donors (Lipinski definition) is 3. The minimum absolute atomic E-state index is 0.0185. The van der Waals surface area contributed by atoms with Crippen LogP contribution >= 0.6 is 23.1 Å². The molecule has 2 aromatic carbocycles. The van der Waals surface area contributed by atoms with Crippen LogP contribution in [0.4, 0.5) is 15.5 Å². The lowest BCUT2D eigenvalue weighted by Gasteiger charge is -2.30. The Morgan fingerprint density at radius 2 is 1.79 bits per heavy atom. The molecule has 0 saturated carbocycles. The standard InChI is InChI=1S/C39H41N5O7S2/c1-6-30(35(47)43-36-32(37(48)50-5)28-17-19-44(23-31(28)53-36)38(49)51-39(2,3)4)52-27-16-10-15-26(21-27)41-34(46)29(20-24-12-11-18-40-22-24)42-33(45)25-13-8-7-9-14-25/h7-16,18,20-22,30H,6,17,19,23H2,1-5H3,(H,41,46)(H,42,45)(H,43,47)/b29-20-. The molecule has 0 bridgehead atoms. The summed E-state index contributed by atoms with van der Waals surface area (Å²) in [6.07, 6.45) is 5.15.